The molecule has 3 heterocycles. The van der Waals surface area contributed by atoms with E-state index in [1.807, 2.05) is 0 Å². The topological polar surface area (TPSA) is 84.0 Å². The van der Waals surface area contributed by atoms with E-state index in [0.29, 0.717) is 51.1 Å². The Hall–Kier alpha value is -3.68. The van der Waals surface area contributed by atoms with E-state index >= 15 is 0 Å². The molecule has 0 fully saturated rings. The van der Waals surface area contributed by atoms with Gasteiger partial charge in [-0.05, 0) is 49.4 Å². The Labute approximate surface area is 188 Å². The molecular formula is C24H16ClNO6. The number of pyridine rings is 1. The van der Waals surface area contributed by atoms with Crippen LogP contribution in [-0.4, -0.2) is 23.5 Å². The van der Waals surface area contributed by atoms with E-state index in [4.69, 9.17) is 30.5 Å². The average Bonchev–Trinajstić information content (AvgIpc) is 3.12. The van der Waals surface area contributed by atoms with E-state index in [9.17, 15) is 9.59 Å². The highest BCUT2D eigenvalue weighted by Gasteiger charge is 2.31. The Kier molecular flexibility index (Phi) is 5.13. The average molecular weight is 450 g/mol. The maximum atomic E-state index is 13.0. The van der Waals surface area contributed by atoms with Gasteiger partial charge in [0.15, 0.2) is 12.6 Å². The number of Topliss-reactive ketones (excluding diaryl/α,β-unsaturated/α-hetero) is 1. The molecule has 2 aliphatic rings. The Balaban J connectivity index is 1.46. The molecular weight excluding hydrogens is 434 g/mol. The molecule has 0 N–H and O–H groups in total. The second kappa shape index (κ2) is 8.11. The number of carbonyl (C=O) groups is 2. The summed E-state index contributed by atoms with van der Waals surface area (Å²) in [4.78, 5) is 29.2. The molecule has 160 valence electrons. The predicted octanol–water partition coefficient (Wildman–Crippen LogP) is 4.75. The number of halogens is 1. The number of aromatic nitrogens is 1. The third-order valence-corrected chi connectivity index (χ3v) is 5.36. The number of rotatable bonds is 3. The zero-order valence-corrected chi connectivity index (χ0v) is 17.6. The number of hydrogen-bond donors (Lipinski definition) is 0. The molecule has 0 aliphatic carbocycles. The van der Waals surface area contributed by atoms with Crippen LogP contribution in [0.4, 0.5) is 0 Å². The number of ether oxygens (including phenoxy) is 4. The molecule has 0 saturated carbocycles. The third kappa shape index (κ3) is 3.62. The van der Waals surface area contributed by atoms with Crippen molar-refractivity contribution in [3.8, 4) is 17.2 Å². The highest BCUT2D eigenvalue weighted by Crippen LogP contribution is 2.41. The van der Waals surface area contributed by atoms with Crippen LogP contribution in [-0.2, 0) is 11.3 Å². The third-order valence-electron chi connectivity index (χ3n) is 5.15. The number of allylic oxidation sites excluding steroid dienone is 1. The van der Waals surface area contributed by atoms with Gasteiger partial charge in [0.25, 0.3) is 0 Å². The second-order valence-corrected chi connectivity index (χ2v) is 7.66. The summed E-state index contributed by atoms with van der Waals surface area (Å²) in [6, 6.07) is 9.75. The number of benzene rings is 2. The van der Waals surface area contributed by atoms with Gasteiger partial charge in [-0.1, -0.05) is 11.6 Å². The lowest BCUT2D eigenvalue weighted by Crippen LogP contribution is -2.12. The van der Waals surface area contributed by atoms with Gasteiger partial charge >= 0.3 is 5.97 Å². The Morgan fingerprint density at radius 3 is 2.78 bits per heavy atom. The van der Waals surface area contributed by atoms with Gasteiger partial charge in [0.1, 0.15) is 17.2 Å². The van der Waals surface area contributed by atoms with Crippen LogP contribution in [0, 0.1) is 6.92 Å². The fraction of sp³-hybridized carbons (Fsp3) is 0.125. The smallest absolute Gasteiger partial charge is 0.343 e. The first kappa shape index (κ1) is 20.2. The van der Waals surface area contributed by atoms with Crippen molar-refractivity contribution in [2.45, 2.75) is 13.5 Å². The van der Waals surface area contributed by atoms with E-state index < -0.39 is 5.97 Å². The highest BCUT2D eigenvalue weighted by molar-refractivity contribution is 6.31. The van der Waals surface area contributed by atoms with E-state index in [1.54, 1.807) is 49.4 Å². The summed E-state index contributed by atoms with van der Waals surface area (Å²) in [6.45, 7) is 2.21. The summed E-state index contributed by atoms with van der Waals surface area (Å²) in [6.07, 6.45) is 4.62. The van der Waals surface area contributed by atoms with Crippen LogP contribution in [0.3, 0.4) is 0 Å². The molecule has 2 aromatic carbocycles. The van der Waals surface area contributed by atoms with Crippen molar-refractivity contribution >= 4 is 29.4 Å². The van der Waals surface area contributed by atoms with Crippen LogP contribution in [0.15, 0.2) is 54.6 Å². The molecule has 0 amide bonds. The molecule has 32 heavy (non-hydrogen) atoms. The minimum Gasteiger partial charge on any atom is -0.467 e. The van der Waals surface area contributed by atoms with E-state index in [2.05, 4.69) is 4.98 Å². The lowest BCUT2D eigenvalue weighted by Gasteiger charge is -2.20. The van der Waals surface area contributed by atoms with Gasteiger partial charge in [-0.25, -0.2) is 4.79 Å². The number of nitrogens with zero attached hydrogens (tertiary/aromatic N) is 1. The number of ketones is 1. The first-order valence-corrected chi connectivity index (χ1v) is 10.1. The molecule has 5 rings (SSSR count). The first-order valence-electron chi connectivity index (χ1n) is 9.74. The predicted molar refractivity (Wildman–Crippen MR) is 115 cm³/mol. The van der Waals surface area contributed by atoms with Crippen molar-refractivity contribution in [1.82, 2.24) is 4.98 Å². The molecule has 0 atom stereocenters. The summed E-state index contributed by atoms with van der Waals surface area (Å²) in [5, 5.41) is 0.495. The minimum atomic E-state index is -0.527. The van der Waals surface area contributed by atoms with Crippen LogP contribution in [0.2, 0.25) is 5.02 Å². The quantitative estimate of drug-likeness (QED) is 0.324. The van der Waals surface area contributed by atoms with Crippen LogP contribution in [0.25, 0.3) is 6.08 Å². The van der Waals surface area contributed by atoms with E-state index in [1.165, 1.54) is 12.4 Å². The van der Waals surface area contributed by atoms with Crippen molar-refractivity contribution in [3.63, 3.8) is 0 Å². The summed E-state index contributed by atoms with van der Waals surface area (Å²) in [5.41, 5.74) is 2.71. The molecule has 2 aliphatic heterocycles. The number of fused-ring (bicyclic) bond motifs is 2. The zero-order chi connectivity index (χ0) is 22.2. The molecule has 8 heteroatoms. The SMILES string of the molecule is Cc1c(OC(=O)c2ccncc2)ccc2c1O/C(=C\c1cc(Cl)cc3c1OCOC3)C2=O. The minimum absolute atomic E-state index is 0.116. The Morgan fingerprint density at radius 1 is 1.16 bits per heavy atom. The van der Waals surface area contributed by atoms with Crippen molar-refractivity contribution in [3.05, 3.63) is 87.4 Å². The van der Waals surface area contributed by atoms with Gasteiger partial charge < -0.3 is 18.9 Å². The maximum Gasteiger partial charge on any atom is 0.343 e. The molecule has 0 bridgehead atoms. The summed E-state index contributed by atoms with van der Waals surface area (Å²) < 4.78 is 22.3. The molecule has 7 nitrogen and oxygen atoms in total. The zero-order valence-electron chi connectivity index (χ0n) is 16.9. The largest absolute Gasteiger partial charge is 0.467 e. The highest BCUT2D eigenvalue weighted by atomic mass is 35.5. The fourth-order valence-corrected chi connectivity index (χ4v) is 3.83. The van der Waals surface area contributed by atoms with Crippen molar-refractivity contribution in [2.75, 3.05) is 6.79 Å². The number of hydrogen-bond acceptors (Lipinski definition) is 7. The summed E-state index contributed by atoms with van der Waals surface area (Å²) in [5.74, 6) is 0.572. The number of esters is 1. The van der Waals surface area contributed by atoms with E-state index in [0.717, 1.165) is 5.56 Å². The summed E-state index contributed by atoms with van der Waals surface area (Å²) >= 11 is 6.22. The lowest BCUT2D eigenvalue weighted by molar-refractivity contribution is -0.0165. The second-order valence-electron chi connectivity index (χ2n) is 7.22. The molecule has 0 spiro atoms. The number of carbonyl (C=O) groups excluding carboxylic acids is 2. The lowest BCUT2D eigenvalue weighted by atomic mass is 10.0. The van der Waals surface area contributed by atoms with Crippen LogP contribution < -0.4 is 14.2 Å². The van der Waals surface area contributed by atoms with Gasteiger partial charge in [0.05, 0.1) is 17.7 Å². The van der Waals surface area contributed by atoms with Gasteiger partial charge in [0, 0.05) is 34.1 Å². The van der Waals surface area contributed by atoms with Crippen molar-refractivity contribution in [2.24, 2.45) is 0 Å². The van der Waals surface area contributed by atoms with E-state index in [-0.39, 0.29) is 18.3 Å². The molecule has 3 aromatic rings. The fourth-order valence-electron chi connectivity index (χ4n) is 3.58. The van der Waals surface area contributed by atoms with Crippen molar-refractivity contribution < 1.29 is 28.5 Å². The Morgan fingerprint density at radius 2 is 1.97 bits per heavy atom. The standard InChI is InChI=1S/C24H16ClNO6/c1-13-19(32-24(28)14-4-6-26-7-5-14)3-2-18-21(27)20(31-22(13)18)10-15-8-17(25)9-16-11-29-12-30-23(15)16/h2-10H,11-12H2,1H3/b20-10-. The van der Waals surface area contributed by atoms with Crippen LogP contribution >= 0.6 is 11.6 Å². The van der Waals surface area contributed by atoms with Crippen molar-refractivity contribution in [1.29, 1.82) is 0 Å². The van der Waals surface area contributed by atoms with Crippen LogP contribution in [0.1, 0.15) is 37.4 Å². The normalized spacial score (nSPS) is 15.6. The first-order chi connectivity index (χ1) is 15.5. The Bertz CT molecular complexity index is 1290. The maximum absolute atomic E-state index is 13.0. The molecule has 0 radical (unpaired) electrons. The summed E-state index contributed by atoms with van der Waals surface area (Å²) in [7, 11) is 0. The van der Waals surface area contributed by atoms with Gasteiger partial charge in [-0.3, -0.25) is 9.78 Å². The van der Waals surface area contributed by atoms with Gasteiger partial charge in [-0.2, -0.15) is 0 Å². The van der Waals surface area contributed by atoms with Crippen LogP contribution in [0.5, 0.6) is 17.2 Å². The molecule has 0 unspecified atom stereocenters. The molecule has 0 saturated heterocycles. The van der Waals surface area contributed by atoms with Gasteiger partial charge in [-0.15, -0.1) is 0 Å². The molecule has 1 aromatic heterocycles. The monoisotopic (exact) mass is 449 g/mol. The van der Waals surface area contributed by atoms with Gasteiger partial charge in [0.2, 0.25) is 5.78 Å².